The Balaban J connectivity index is 1.98. The standard InChI is InChI=1S/C18H11F6N3OS/c1-28-11-8-6-10(7-9-11)14-25-16(17(19,20)21,18(22,23)24)26-15-27(14)12-4-2-3-5-13(12)29-15/h2-9H,1H3. The minimum atomic E-state index is -5.78. The Labute approximate surface area is 164 Å². The molecule has 0 unspecified atom stereocenters. The van der Waals surface area contributed by atoms with Crippen LogP contribution in [0.15, 0.2) is 63.4 Å². The highest BCUT2D eigenvalue weighted by Crippen LogP contribution is 2.52. The van der Waals surface area contributed by atoms with Crippen molar-refractivity contribution in [1.82, 2.24) is 0 Å². The van der Waals surface area contributed by atoms with Crippen LogP contribution in [0.25, 0.3) is 0 Å². The molecule has 0 bridgehead atoms. The molecule has 0 N–H and O–H groups in total. The monoisotopic (exact) mass is 431 g/mol. The summed E-state index contributed by atoms with van der Waals surface area (Å²) >= 11 is 0.731. The van der Waals surface area contributed by atoms with Gasteiger partial charge in [0.25, 0.3) is 0 Å². The minimum absolute atomic E-state index is 0.0633. The van der Waals surface area contributed by atoms with Crippen LogP contribution in [0.5, 0.6) is 5.75 Å². The average molecular weight is 431 g/mol. The number of hydrogen-bond acceptors (Lipinski definition) is 5. The molecule has 0 atom stereocenters. The second-order valence-corrected chi connectivity index (χ2v) is 7.14. The van der Waals surface area contributed by atoms with Gasteiger partial charge in [0.1, 0.15) is 11.6 Å². The number of hydrogen-bond donors (Lipinski definition) is 0. The van der Waals surface area contributed by atoms with E-state index >= 15 is 0 Å². The smallest absolute Gasteiger partial charge is 0.443 e. The van der Waals surface area contributed by atoms with Crippen molar-refractivity contribution >= 4 is 28.5 Å². The molecule has 4 nitrogen and oxygen atoms in total. The number of halogens is 6. The number of alkyl halides is 6. The van der Waals surface area contributed by atoms with Crippen molar-refractivity contribution in [3.8, 4) is 5.75 Å². The van der Waals surface area contributed by atoms with Gasteiger partial charge in [-0.3, -0.25) is 4.90 Å². The number of nitrogens with zero attached hydrogens (tertiary/aromatic N) is 3. The molecule has 0 aliphatic carbocycles. The van der Waals surface area contributed by atoms with Gasteiger partial charge in [-0.1, -0.05) is 12.1 Å². The summed E-state index contributed by atoms with van der Waals surface area (Å²) in [5, 5.41) is -0.443. The van der Waals surface area contributed by atoms with Gasteiger partial charge >= 0.3 is 18.0 Å². The van der Waals surface area contributed by atoms with E-state index in [9.17, 15) is 26.3 Å². The van der Waals surface area contributed by atoms with E-state index in [4.69, 9.17) is 4.74 Å². The largest absolute Gasteiger partial charge is 0.497 e. The number of amidine groups is 2. The van der Waals surface area contributed by atoms with Crippen molar-refractivity contribution in [2.75, 3.05) is 12.0 Å². The van der Waals surface area contributed by atoms with E-state index in [1.807, 2.05) is 0 Å². The first-order valence-corrected chi connectivity index (χ1v) is 8.93. The maximum atomic E-state index is 13.7. The Kier molecular flexibility index (Phi) is 4.34. The normalized spacial score (nSPS) is 18.0. The number of para-hydroxylation sites is 1. The van der Waals surface area contributed by atoms with E-state index in [-0.39, 0.29) is 5.56 Å². The zero-order valence-corrected chi connectivity index (χ0v) is 15.4. The molecule has 0 amide bonds. The highest BCUT2D eigenvalue weighted by atomic mass is 32.2. The fraction of sp³-hybridized carbons (Fsp3) is 0.222. The van der Waals surface area contributed by atoms with E-state index in [0.717, 1.165) is 11.8 Å². The predicted molar refractivity (Wildman–Crippen MR) is 96.6 cm³/mol. The number of thioether (sulfide) groups is 1. The first-order chi connectivity index (χ1) is 13.6. The fourth-order valence-corrected chi connectivity index (χ4v) is 4.03. The third-order valence-electron chi connectivity index (χ3n) is 4.37. The number of ether oxygens (including phenoxy) is 1. The molecule has 29 heavy (non-hydrogen) atoms. The van der Waals surface area contributed by atoms with E-state index in [1.165, 1.54) is 36.3 Å². The molecule has 0 fully saturated rings. The number of fused-ring (bicyclic) bond motifs is 3. The zero-order valence-electron chi connectivity index (χ0n) is 14.5. The molecule has 0 saturated heterocycles. The van der Waals surface area contributed by atoms with Gasteiger partial charge in [0.15, 0.2) is 5.17 Å². The maximum absolute atomic E-state index is 13.7. The van der Waals surface area contributed by atoms with Gasteiger partial charge < -0.3 is 4.74 Å². The summed E-state index contributed by atoms with van der Waals surface area (Å²) in [6.07, 6.45) is -11.6. The van der Waals surface area contributed by atoms with Crippen molar-refractivity contribution in [3.05, 3.63) is 54.1 Å². The predicted octanol–water partition coefficient (Wildman–Crippen LogP) is 5.24. The van der Waals surface area contributed by atoms with Crippen LogP contribution in [-0.4, -0.2) is 36.1 Å². The molecule has 4 rings (SSSR count). The van der Waals surface area contributed by atoms with Crippen molar-refractivity contribution in [3.63, 3.8) is 0 Å². The molecule has 0 spiro atoms. The van der Waals surface area contributed by atoms with Crippen LogP contribution in [-0.2, 0) is 0 Å². The maximum Gasteiger partial charge on any atom is 0.443 e. The Bertz CT molecular complexity index is 999. The molecule has 0 saturated carbocycles. The molecule has 0 aromatic heterocycles. The Morgan fingerprint density at radius 2 is 1.52 bits per heavy atom. The zero-order chi connectivity index (χ0) is 21.0. The first kappa shape index (κ1) is 19.6. The topological polar surface area (TPSA) is 37.2 Å². The Hall–Kier alpha value is -2.69. The summed E-state index contributed by atoms with van der Waals surface area (Å²) in [5.41, 5.74) is -4.12. The van der Waals surface area contributed by atoms with Gasteiger partial charge in [-0.05, 0) is 48.2 Å². The summed E-state index contributed by atoms with van der Waals surface area (Å²) in [6, 6.07) is 12.0. The van der Waals surface area contributed by atoms with Gasteiger partial charge in [0, 0.05) is 10.5 Å². The molecule has 0 radical (unpaired) electrons. The number of anilines is 1. The van der Waals surface area contributed by atoms with E-state index < -0.39 is 29.0 Å². The lowest BCUT2D eigenvalue weighted by Crippen LogP contribution is -2.58. The number of benzene rings is 2. The van der Waals surface area contributed by atoms with Gasteiger partial charge in [-0.15, -0.1) is 0 Å². The molecule has 2 aliphatic heterocycles. The quantitative estimate of drug-likeness (QED) is 0.610. The van der Waals surface area contributed by atoms with Crippen molar-refractivity contribution in [1.29, 1.82) is 0 Å². The lowest BCUT2D eigenvalue weighted by Gasteiger charge is -2.37. The third kappa shape index (κ3) is 2.95. The van der Waals surface area contributed by atoms with Crippen LogP contribution in [0.3, 0.4) is 0 Å². The summed E-state index contributed by atoms with van der Waals surface area (Å²) in [7, 11) is 1.39. The molecule has 11 heteroatoms. The van der Waals surface area contributed by atoms with E-state index in [2.05, 4.69) is 9.98 Å². The minimum Gasteiger partial charge on any atom is -0.497 e. The van der Waals surface area contributed by atoms with Crippen LogP contribution in [0.4, 0.5) is 32.0 Å². The van der Waals surface area contributed by atoms with Crippen molar-refractivity contribution in [2.24, 2.45) is 9.98 Å². The lowest BCUT2D eigenvalue weighted by molar-refractivity contribution is -0.292. The van der Waals surface area contributed by atoms with Crippen molar-refractivity contribution in [2.45, 2.75) is 22.9 Å². The third-order valence-corrected chi connectivity index (χ3v) is 5.40. The van der Waals surface area contributed by atoms with Crippen LogP contribution >= 0.6 is 11.8 Å². The number of rotatable bonds is 2. The van der Waals surface area contributed by atoms with Crippen LogP contribution in [0.2, 0.25) is 0 Å². The fourth-order valence-electron chi connectivity index (χ4n) is 2.97. The Morgan fingerprint density at radius 3 is 2.10 bits per heavy atom. The molecule has 2 aromatic carbocycles. The molecule has 2 aromatic rings. The summed E-state index contributed by atoms with van der Waals surface area (Å²) in [5.74, 6) is -0.0992. The lowest BCUT2D eigenvalue weighted by atomic mass is 10.1. The van der Waals surface area contributed by atoms with E-state index in [1.54, 1.807) is 24.3 Å². The highest BCUT2D eigenvalue weighted by molar-refractivity contribution is 8.15. The summed E-state index contributed by atoms with van der Waals surface area (Å²) in [6.45, 7) is 0. The average Bonchev–Trinajstić information content (AvgIpc) is 3.04. The molecular formula is C18H11F6N3OS. The first-order valence-electron chi connectivity index (χ1n) is 8.12. The number of methoxy groups -OCH3 is 1. The van der Waals surface area contributed by atoms with Crippen LogP contribution in [0, 0.1) is 0 Å². The molecular weight excluding hydrogens is 420 g/mol. The van der Waals surface area contributed by atoms with Crippen LogP contribution in [0.1, 0.15) is 5.56 Å². The summed E-state index contributed by atoms with van der Waals surface area (Å²) < 4.78 is 87.2. The van der Waals surface area contributed by atoms with E-state index in [0.29, 0.717) is 16.3 Å². The van der Waals surface area contributed by atoms with Crippen molar-refractivity contribution < 1.29 is 31.1 Å². The summed E-state index contributed by atoms with van der Waals surface area (Å²) in [4.78, 5) is 7.94. The van der Waals surface area contributed by atoms with Gasteiger partial charge in [0.05, 0.1) is 12.8 Å². The van der Waals surface area contributed by atoms with Crippen LogP contribution < -0.4 is 9.64 Å². The SMILES string of the molecule is COc1ccc(C2=NC(C(F)(F)F)(C(F)(F)F)N=C3Sc4ccccc4N32)cc1. The molecule has 2 heterocycles. The number of aliphatic imine (C=N–C) groups is 2. The highest BCUT2D eigenvalue weighted by Gasteiger charge is 2.74. The van der Waals surface area contributed by atoms with Gasteiger partial charge in [-0.25, -0.2) is 9.98 Å². The van der Waals surface area contributed by atoms with Gasteiger partial charge in [-0.2, -0.15) is 26.3 Å². The van der Waals surface area contributed by atoms with Gasteiger partial charge in [0.2, 0.25) is 0 Å². The molecule has 2 aliphatic rings. The molecule has 152 valence electrons. The second-order valence-electron chi connectivity index (χ2n) is 6.13. The Morgan fingerprint density at radius 1 is 0.897 bits per heavy atom. The second kappa shape index (κ2) is 6.41.